The second-order valence-electron chi connectivity index (χ2n) is 7.51. The summed E-state index contributed by atoms with van der Waals surface area (Å²) < 4.78 is 0. The molecule has 2 aromatic carbocycles. The molecule has 0 unspecified atom stereocenters. The lowest BCUT2D eigenvalue weighted by Gasteiger charge is -2.32. The summed E-state index contributed by atoms with van der Waals surface area (Å²) in [6.07, 6.45) is 3.36. The molecule has 3 aromatic rings. The highest BCUT2D eigenvalue weighted by Crippen LogP contribution is 2.25. The highest BCUT2D eigenvalue weighted by Gasteiger charge is 2.21. The quantitative estimate of drug-likeness (QED) is 0.569. The Bertz CT molecular complexity index is 983. The van der Waals surface area contributed by atoms with Crippen molar-refractivity contribution in [3.05, 3.63) is 82.0 Å². The minimum Gasteiger partial charge on any atom is -0.355 e. The molecule has 0 bridgehead atoms. The third-order valence-corrected chi connectivity index (χ3v) is 5.75. The Morgan fingerprint density at radius 1 is 0.967 bits per heavy atom. The van der Waals surface area contributed by atoms with Crippen LogP contribution in [0, 0.1) is 5.92 Å². The fourth-order valence-corrected chi connectivity index (χ4v) is 4.28. The Morgan fingerprint density at radius 2 is 1.67 bits per heavy atom. The first kappa shape index (κ1) is 20.6. The van der Waals surface area contributed by atoms with Gasteiger partial charge in [0, 0.05) is 28.8 Å². The molecular weight excluding hydrogens is 419 g/mol. The number of piperidine rings is 1. The predicted molar refractivity (Wildman–Crippen MR) is 122 cm³/mol. The predicted octanol–water partition coefficient (Wildman–Crippen LogP) is 5.49. The Hall–Kier alpha value is -2.63. The van der Waals surface area contributed by atoms with Gasteiger partial charge in [0.05, 0.1) is 0 Å². The van der Waals surface area contributed by atoms with E-state index < -0.39 is 0 Å². The second-order valence-corrected chi connectivity index (χ2v) is 8.38. The molecule has 154 valence electrons. The largest absolute Gasteiger partial charge is 0.355 e. The summed E-state index contributed by atoms with van der Waals surface area (Å²) in [5.41, 5.74) is 2.16. The van der Waals surface area contributed by atoms with Gasteiger partial charge in [0.1, 0.15) is 0 Å². The Morgan fingerprint density at radius 3 is 2.30 bits per heavy atom. The number of rotatable bonds is 5. The van der Waals surface area contributed by atoms with Crippen LogP contribution < -0.4 is 10.2 Å². The van der Waals surface area contributed by atoms with Crippen LogP contribution in [0.3, 0.4) is 0 Å². The number of hydrogen-bond acceptors (Lipinski definition) is 4. The number of hydrogen-bond donors (Lipinski definition) is 1. The topological polar surface area (TPSA) is 58.1 Å². The van der Waals surface area contributed by atoms with E-state index in [2.05, 4.69) is 50.7 Å². The van der Waals surface area contributed by atoms with Crippen molar-refractivity contribution in [2.24, 2.45) is 5.92 Å². The number of carbonyl (C=O) groups excluding carboxylic acids is 1. The van der Waals surface area contributed by atoms with Crippen molar-refractivity contribution in [2.45, 2.75) is 19.3 Å². The molecule has 30 heavy (non-hydrogen) atoms. The number of amides is 1. The number of carbonyl (C=O) groups is 1. The summed E-state index contributed by atoms with van der Waals surface area (Å²) in [7, 11) is 0. The lowest BCUT2D eigenvalue weighted by Crippen LogP contribution is -2.35. The van der Waals surface area contributed by atoms with Gasteiger partial charge in [-0.3, -0.25) is 4.79 Å². The second kappa shape index (κ2) is 9.45. The van der Waals surface area contributed by atoms with Crippen LogP contribution in [-0.4, -0.2) is 29.2 Å². The maximum atomic E-state index is 12.4. The highest BCUT2D eigenvalue weighted by atomic mass is 35.5. The Kier molecular flexibility index (Phi) is 6.50. The summed E-state index contributed by atoms with van der Waals surface area (Å²) >= 11 is 11.9. The molecule has 1 amide bonds. The lowest BCUT2D eigenvalue weighted by molar-refractivity contribution is 0.102. The average molecular weight is 441 g/mol. The van der Waals surface area contributed by atoms with E-state index in [4.69, 9.17) is 23.2 Å². The van der Waals surface area contributed by atoms with Gasteiger partial charge in [-0.15, -0.1) is 10.2 Å². The van der Waals surface area contributed by atoms with Crippen LogP contribution in [0.5, 0.6) is 0 Å². The van der Waals surface area contributed by atoms with E-state index in [9.17, 15) is 4.79 Å². The molecular formula is C23H22Cl2N4O. The van der Waals surface area contributed by atoms with Gasteiger partial charge in [-0.25, -0.2) is 0 Å². The first-order valence-electron chi connectivity index (χ1n) is 9.97. The third kappa shape index (κ3) is 5.29. The molecule has 0 saturated carbocycles. The SMILES string of the molecule is O=C(Nc1cc(Cl)cc(Cl)c1)c1ccc(N2CCC(Cc3ccccc3)CC2)nn1. The van der Waals surface area contributed by atoms with Gasteiger partial charge in [0.2, 0.25) is 0 Å². The molecule has 0 radical (unpaired) electrons. The van der Waals surface area contributed by atoms with Crippen molar-refractivity contribution in [3.8, 4) is 0 Å². The molecule has 2 heterocycles. The minimum atomic E-state index is -0.353. The van der Waals surface area contributed by atoms with E-state index in [1.54, 1.807) is 24.3 Å². The molecule has 1 aliphatic rings. The number of nitrogens with one attached hydrogen (secondary N) is 1. The van der Waals surface area contributed by atoms with E-state index >= 15 is 0 Å². The van der Waals surface area contributed by atoms with E-state index in [0.29, 0.717) is 21.7 Å². The van der Waals surface area contributed by atoms with Crippen molar-refractivity contribution < 1.29 is 4.79 Å². The summed E-state index contributed by atoms with van der Waals surface area (Å²) in [5, 5.41) is 12.0. The average Bonchev–Trinajstić information content (AvgIpc) is 2.74. The van der Waals surface area contributed by atoms with Gasteiger partial charge in [-0.1, -0.05) is 53.5 Å². The van der Waals surface area contributed by atoms with Crippen LogP contribution in [0.15, 0.2) is 60.7 Å². The molecule has 0 atom stereocenters. The monoisotopic (exact) mass is 440 g/mol. The molecule has 0 aliphatic carbocycles. The maximum absolute atomic E-state index is 12.4. The molecule has 1 aliphatic heterocycles. The first-order chi connectivity index (χ1) is 14.6. The summed E-state index contributed by atoms with van der Waals surface area (Å²) in [4.78, 5) is 14.7. The van der Waals surface area contributed by atoms with Gasteiger partial charge < -0.3 is 10.2 Å². The number of anilines is 2. The Balaban J connectivity index is 1.33. The van der Waals surface area contributed by atoms with Crippen molar-refractivity contribution >= 4 is 40.6 Å². The molecule has 1 saturated heterocycles. The molecule has 4 rings (SSSR count). The minimum absolute atomic E-state index is 0.244. The van der Waals surface area contributed by atoms with Crippen molar-refractivity contribution in [3.63, 3.8) is 0 Å². The van der Waals surface area contributed by atoms with Gasteiger partial charge in [-0.2, -0.15) is 0 Å². The zero-order valence-electron chi connectivity index (χ0n) is 16.4. The van der Waals surface area contributed by atoms with Gasteiger partial charge in [0.25, 0.3) is 5.91 Å². The Labute approximate surface area is 186 Å². The van der Waals surface area contributed by atoms with Crippen LogP contribution in [0.1, 0.15) is 28.9 Å². The zero-order valence-corrected chi connectivity index (χ0v) is 17.9. The molecule has 1 N–H and O–H groups in total. The number of benzene rings is 2. The van der Waals surface area contributed by atoms with Crippen molar-refractivity contribution in [1.82, 2.24) is 10.2 Å². The van der Waals surface area contributed by atoms with E-state index in [-0.39, 0.29) is 11.6 Å². The molecule has 1 fully saturated rings. The normalized spacial score (nSPS) is 14.5. The van der Waals surface area contributed by atoms with E-state index in [0.717, 1.165) is 38.2 Å². The van der Waals surface area contributed by atoms with Crippen molar-refractivity contribution in [1.29, 1.82) is 0 Å². The van der Waals surface area contributed by atoms with Crippen molar-refractivity contribution in [2.75, 3.05) is 23.3 Å². The van der Waals surface area contributed by atoms with E-state index in [1.807, 2.05) is 6.07 Å². The zero-order chi connectivity index (χ0) is 20.9. The standard InChI is InChI=1S/C23H22Cl2N4O/c24-18-13-19(25)15-20(14-18)26-23(30)21-6-7-22(28-27-21)29-10-8-17(9-11-29)12-16-4-2-1-3-5-16/h1-7,13-15,17H,8-12H2,(H,26,30). The third-order valence-electron chi connectivity index (χ3n) is 5.31. The number of nitrogens with zero attached hydrogens (tertiary/aromatic N) is 3. The van der Waals surface area contributed by atoms with Crippen LogP contribution in [-0.2, 0) is 6.42 Å². The summed E-state index contributed by atoms with van der Waals surface area (Å²) in [6.45, 7) is 1.89. The number of halogens is 2. The van der Waals surface area contributed by atoms with Gasteiger partial charge in [0.15, 0.2) is 11.5 Å². The summed E-state index contributed by atoms with van der Waals surface area (Å²) in [6, 6.07) is 19.0. The van der Waals surface area contributed by atoms with Gasteiger partial charge in [-0.05, 0) is 61.1 Å². The van der Waals surface area contributed by atoms with E-state index in [1.165, 1.54) is 5.56 Å². The fourth-order valence-electron chi connectivity index (χ4n) is 3.75. The first-order valence-corrected chi connectivity index (χ1v) is 10.7. The van der Waals surface area contributed by atoms with Gasteiger partial charge >= 0.3 is 0 Å². The smallest absolute Gasteiger partial charge is 0.276 e. The van der Waals surface area contributed by atoms with Crippen LogP contribution in [0.4, 0.5) is 11.5 Å². The van der Waals surface area contributed by atoms with Crippen LogP contribution >= 0.6 is 23.2 Å². The molecule has 1 aromatic heterocycles. The van der Waals surface area contributed by atoms with Crippen LogP contribution in [0.25, 0.3) is 0 Å². The fraction of sp³-hybridized carbons (Fsp3) is 0.261. The molecule has 0 spiro atoms. The molecule has 5 nitrogen and oxygen atoms in total. The number of aromatic nitrogens is 2. The lowest BCUT2D eigenvalue weighted by atomic mass is 9.90. The highest BCUT2D eigenvalue weighted by molar-refractivity contribution is 6.35. The maximum Gasteiger partial charge on any atom is 0.276 e. The van der Waals surface area contributed by atoms with Crippen LogP contribution in [0.2, 0.25) is 10.0 Å². The summed E-state index contributed by atoms with van der Waals surface area (Å²) in [5.74, 6) is 1.13. The molecule has 7 heteroatoms.